The average molecular weight is 475 g/mol. The maximum Gasteiger partial charge on any atom is 0.416 e. The van der Waals surface area contributed by atoms with Gasteiger partial charge in [-0.3, -0.25) is 9.59 Å². The number of rotatable bonds is 3. The molecule has 4 rings (SSSR count). The molecule has 0 radical (unpaired) electrons. The van der Waals surface area contributed by atoms with Crippen LogP contribution in [0.15, 0.2) is 52.3 Å². The summed E-state index contributed by atoms with van der Waals surface area (Å²) < 4.78 is 38.4. The lowest BCUT2D eigenvalue weighted by Gasteiger charge is -2.30. The zero-order valence-corrected chi connectivity index (χ0v) is 19.2. The van der Waals surface area contributed by atoms with Crippen LogP contribution >= 0.6 is 11.8 Å². The number of nitrogens with zero attached hydrogens (tertiary/aromatic N) is 1. The van der Waals surface area contributed by atoms with E-state index in [4.69, 9.17) is 0 Å². The van der Waals surface area contributed by atoms with Gasteiger partial charge in [-0.1, -0.05) is 43.7 Å². The van der Waals surface area contributed by atoms with Crippen molar-refractivity contribution in [1.29, 1.82) is 0 Å². The second-order valence-corrected chi connectivity index (χ2v) is 9.70. The third-order valence-corrected chi connectivity index (χ3v) is 7.36. The third kappa shape index (κ3) is 5.11. The second-order valence-electron chi connectivity index (χ2n) is 8.62. The van der Waals surface area contributed by atoms with Gasteiger partial charge in [-0.2, -0.15) is 13.2 Å². The maximum atomic E-state index is 12.9. The predicted octanol–water partition coefficient (Wildman–Crippen LogP) is 6.12. The SMILES string of the molecule is C[C@@H]1CCCC[C@H]1NC(=O)c1ccc2c(c1)N(C)C(=O)/C(=C/c1ccc(C(F)(F)F)cc1)S2. The highest BCUT2D eigenvalue weighted by Gasteiger charge is 2.31. The Labute approximate surface area is 195 Å². The molecule has 2 amide bonds. The summed E-state index contributed by atoms with van der Waals surface area (Å²) >= 11 is 1.25. The summed E-state index contributed by atoms with van der Waals surface area (Å²) in [6.45, 7) is 2.16. The largest absolute Gasteiger partial charge is 0.416 e. The minimum atomic E-state index is -4.40. The van der Waals surface area contributed by atoms with E-state index < -0.39 is 11.7 Å². The van der Waals surface area contributed by atoms with Crippen molar-refractivity contribution in [1.82, 2.24) is 5.32 Å². The van der Waals surface area contributed by atoms with Gasteiger partial charge in [0.25, 0.3) is 11.8 Å². The predicted molar refractivity (Wildman–Crippen MR) is 124 cm³/mol. The molecule has 1 fully saturated rings. The van der Waals surface area contributed by atoms with Crippen molar-refractivity contribution in [2.45, 2.75) is 49.7 Å². The van der Waals surface area contributed by atoms with Gasteiger partial charge in [-0.25, -0.2) is 0 Å². The Kier molecular flexibility index (Phi) is 6.56. The molecule has 174 valence electrons. The van der Waals surface area contributed by atoms with Crippen molar-refractivity contribution in [3.63, 3.8) is 0 Å². The minimum Gasteiger partial charge on any atom is -0.349 e. The summed E-state index contributed by atoms with van der Waals surface area (Å²) in [6.07, 6.45) is 1.57. The highest BCUT2D eigenvalue weighted by molar-refractivity contribution is 8.04. The molecule has 2 aliphatic rings. The van der Waals surface area contributed by atoms with Crippen LogP contribution in [0.4, 0.5) is 18.9 Å². The normalized spacial score (nSPS) is 22.3. The second kappa shape index (κ2) is 9.25. The first kappa shape index (κ1) is 23.4. The fourth-order valence-electron chi connectivity index (χ4n) is 4.24. The van der Waals surface area contributed by atoms with Crippen LogP contribution in [0.3, 0.4) is 0 Å². The van der Waals surface area contributed by atoms with Gasteiger partial charge in [0.1, 0.15) is 0 Å². The molecule has 0 bridgehead atoms. The number of nitrogens with one attached hydrogen (secondary N) is 1. The molecule has 2 atom stereocenters. The average Bonchev–Trinajstić information content (AvgIpc) is 2.78. The van der Waals surface area contributed by atoms with Gasteiger partial charge < -0.3 is 10.2 Å². The number of likely N-dealkylation sites (N-methyl/N-ethyl adjacent to an activating group) is 1. The molecule has 0 aromatic heterocycles. The van der Waals surface area contributed by atoms with Crippen LogP contribution in [0.1, 0.15) is 54.1 Å². The molecule has 0 spiro atoms. The number of hydrogen-bond donors (Lipinski definition) is 1. The number of thioether (sulfide) groups is 1. The number of alkyl halides is 3. The summed E-state index contributed by atoms with van der Waals surface area (Å²) in [7, 11) is 1.63. The Balaban J connectivity index is 1.53. The topological polar surface area (TPSA) is 49.4 Å². The van der Waals surface area contributed by atoms with Crippen LogP contribution in [-0.4, -0.2) is 24.9 Å². The summed E-state index contributed by atoms with van der Waals surface area (Å²) in [4.78, 5) is 28.4. The van der Waals surface area contributed by atoms with Crippen LogP contribution in [0.25, 0.3) is 6.08 Å². The number of amides is 2. The van der Waals surface area contributed by atoms with Gasteiger partial charge in [0.15, 0.2) is 0 Å². The van der Waals surface area contributed by atoms with Crippen molar-refractivity contribution in [3.05, 3.63) is 64.1 Å². The maximum absolute atomic E-state index is 12.9. The summed E-state index contributed by atoms with van der Waals surface area (Å²) in [5.41, 5.74) is 0.914. The van der Waals surface area contributed by atoms with Crippen LogP contribution in [0, 0.1) is 5.92 Å². The Morgan fingerprint density at radius 1 is 1.12 bits per heavy atom. The van der Waals surface area contributed by atoms with Crippen molar-refractivity contribution in [2.75, 3.05) is 11.9 Å². The van der Waals surface area contributed by atoms with Crippen molar-refractivity contribution < 1.29 is 22.8 Å². The van der Waals surface area contributed by atoms with E-state index in [0.29, 0.717) is 27.6 Å². The molecule has 1 saturated carbocycles. The van der Waals surface area contributed by atoms with E-state index in [1.165, 1.54) is 35.2 Å². The number of benzene rings is 2. The number of carbonyl (C=O) groups excluding carboxylic acids is 2. The van der Waals surface area contributed by atoms with E-state index in [9.17, 15) is 22.8 Å². The zero-order chi connectivity index (χ0) is 23.8. The highest BCUT2D eigenvalue weighted by atomic mass is 32.2. The molecular formula is C25H25F3N2O2S. The lowest BCUT2D eigenvalue weighted by Crippen LogP contribution is -2.41. The van der Waals surface area contributed by atoms with Crippen molar-refractivity contribution in [3.8, 4) is 0 Å². The summed E-state index contributed by atoms with van der Waals surface area (Å²) in [5, 5.41) is 3.13. The number of hydrogen-bond acceptors (Lipinski definition) is 3. The smallest absolute Gasteiger partial charge is 0.349 e. The van der Waals surface area contributed by atoms with Crippen molar-refractivity contribution >= 4 is 35.3 Å². The lowest BCUT2D eigenvalue weighted by molar-refractivity contribution is -0.137. The number of fused-ring (bicyclic) bond motifs is 1. The first-order chi connectivity index (χ1) is 15.6. The monoisotopic (exact) mass is 474 g/mol. The van der Waals surface area contributed by atoms with E-state index in [1.807, 2.05) is 6.07 Å². The summed E-state index contributed by atoms with van der Waals surface area (Å²) in [6, 6.07) is 10.1. The van der Waals surface area contributed by atoms with Crippen LogP contribution in [0.2, 0.25) is 0 Å². The van der Waals surface area contributed by atoms with E-state index in [0.717, 1.165) is 36.3 Å². The minimum absolute atomic E-state index is 0.145. The molecule has 8 heteroatoms. The van der Waals surface area contributed by atoms with Gasteiger partial charge >= 0.3 is 6.18 Å². The van der Waals surface area contributed by atoms with Gasteiger partial charge in [0.05, 0.1) is 16.2 Å². The molecule has 1 aliphatic carbocycles. The van der Waals surface area contributed by atoms with Gasteiger partial charge in [0, 0.05) is 23.5 Å². The van der Waals surface area contributed by atoms with E-state index >= 15 is 0 Å². The summed E-state index contributed by atoms with van der Waals surface area (Å²) in [5.74, 6) is 0.0254. The van der Waals surface area contributed by atoms with Gasteiger partial charge in [-0.15, -0.1) is 0 Å². The lowest BCUT2D eigenvalue weighted by atomic mass is 9.86. The Bertz CT molecular complexity index is 1100. The van der Waals surface area contributed by atoms with Crippen LogP contribution in [-0.2, 0) is 11.0 Å². The standard InChI is InChI=1S/C25H25F3N2O2S/c1-15-5-3-4-6-19(15)29-23(31)17-9-12-21-20(14-17)30(2)24(32)22(33-21)13-16-7-10-18(11-8-16)25(26,27)28/h7-15,19H,3-6H2,1-2H3,(H,29,31)/b22-13-/t15-,19-/m1/s1. The fourth-order valence-corrected chi connectivity index (χ4v) is 5.33. The Morgan fingerprint density at radius 2 is 1.82 bits per heavy atom. The van der Waals surface area contributed by atoms with E-state index in [2.05, 4.69) is 12.2 Å². The Hall–Kier alpha value is -2.74. The molecule has 0 unspecified atom stereocenters. The number of halogens is 3. The molecule has 1 N–H and O–H groups in total. The molecule has 4 nitrogen and oxygen atoms in total. The van der Waals surface area contributed by atoms with E-state index in [-0.39, 0.29) is 17.9 Å². The van der Waals surface area contributed by atoms with Gasteiger partial charge in [0.2, 0.25) is 0 Å². The molecule has 2 aromatic rings. The highest BCUT2D eigenvalue weighted by Crippen LogP contribution is 2.42. The zero-order valence-electron chi connectivity index (χ0n) is 18.4. The molecule has 2 aromatic carbocycles. The number of anilines is 1. The van der Waals surface area contributed by atoms with Crippen molar-refractivity contribution in [2.24, 2.45) is 5.92 Å². The first-order valence-electron chi connectivity index (χ1n) is 10.9. The van der Waals surface area contributed by atoms with Crippen LogP contribution < -0.4 is 10.2 Å². The number of carbonyl (C=O) groups is 2. The van der Waals surface area contributed by atoms with E-state index in [1.54, 1.807) is 25.3 Å². The quantitative estimate of drug-likeness (QED) is 0.545. The first-order valence-corrected chi connectivity index (χ1v) is 11.7. The molecule has 0 saturated heterocycles. The molecular weight excluding hydrogens is 449 g/mol. The Morgan fingerprint density at radius 3 is 2.48 bits per heavy atom. The molecule has 1 aliphatic heterocycles. The molecule has 33 heavy (non-hydrogen) atoms. The van der Waals surface area contributed by atoms with Gasteiger partial charge in [-0.05, 0) is 60.7 Å². The third-order valence-electron chi connectivity index (χ3n) is 6.28. The fraction of sp³-hybridized carbons (Fsp3) is 0.360. The van der Waals surface area contributed by atoms with Crippen LogP contribution in [0.5, 0.6) is 0 Å². The molecule has 1 heterocycles.